The zero-order valence-corrected chi connectivity index (χ0v) is 21.6. The van der Waals surface area contributed by atoms with Gasteiger partial charge in [-0.1, -0.05) is 18.2 Å². The summed E-state index contributed by atoms with van der Waals surface area (Å²) in [5.74, 6) is -1.08. The van der Waals surface area contributed by atoms with E-state index < -0.39 is 21.9 Å². The molecule has 4 aromatic rings. The number of aromatic carboxylic acids is 1. The van der Waals surface area contributed by atoms with Gasteiger partial charge >= 0.3 is 5.97 Å². The molecule has 12 heteroatoms. The molecule has 1 aliphatic heterocycles. The van der Waals surface area contributed by atoms with Gasteiger partial charge in [0.25, 0.3) is 0 Å². The van der Waals surface area contributed by atoms with Crippen LogP contribution < -0.4 is 20.5 Å². The highest BCUT2D eigenvalue weighted by molar-refractivity contribution is 7.89. The van der Waals surface area contributed by atoms with Crippen molar-refractivity contribution in [3.63, 3.8) is 0 Å². The molecule has 1 aliphatic rings. The summed E-state index contributed by atoms with van der Waals surface area (Å²) >= 11 is 5.34. The molecule has 1 heterocycles. The van der Waals surface area contributed by atoms with E-state index in [1.54, 1.807) is 24.3 Å². The quantitative estimate of drug-likeness (QED) is 0.167. The summed E-state index contributed by atoms with van der Waals surface area (Å²) in [6, 6.07) is 19.7. The van der Waals surface area contributed by atoms with Crippen LogP contribution in [0.2, 0.25) is 0 Å². The van der Waals surface area contributed by atoms with Crippen molar-refractivity contribution in [2.24, 2.45) is 5.14 Å². The molecule has 0 bridgehead atoms. The maximum atomic E-state index is 12.4. The predicted octanol–water partition coefficient (Wildman–Crippen LogP) is 4.54. The topological polar surface area (TPSA) is 171 Å². The summed E-state index contributed by atoms with van der Waals surface area (Å²) < 4.78 is 28.8. The average Bonchev–Trinajstić information content (AvgIpc) is 2.87. The van der Waals surface area contributed by atoms with E-state index >= 15 is 0 Å². The number of nitrogens with one attached hydrogen (secondary N) is 2. The molecule has 0 radical (unpaired) electrons. The largest absolute Gasteiger partial charge is 0.508 e. The number of aromatic hydroxyl groups is 2. The molecule has 7 N–H and O–H groups in total. The van der Waals surface area contributed by atoms with Crippen LogP contribution in [0, 0.1) is 0 Å². The fraction of sp³-hybridized carbons (Fsp3) is 0.0370. The number of fused-ring (bicyclic) bond motifs is 2. The molecule has 4 aromatic carbocycles. The van der Waals surface area contributed by atoms with Gasteiger partial charge in [0, 0.05) is 40.6 Å². The highest BCUT2D eigenvalue weighted by Gasteiger charge is 2.32. The van der Waals surface area contributed by atoms with Gasteiger partial charge < -0.3 is 30.7 Å². The van der Waals surface area contributed by atoms with Crippen LogP contribution in [0.3, 0.4) is 0 Å². The molecule has 0 aromatic heterocycles. The fourth-order valence-electron chi connectivity index (χ4n) is 4.41. The number of carboxylic acids is 1. The average molecular weight is 564 g/mol. The minimum atomic E-state index is -3.83. The summed E-state index contributed by atoms with van der Waals surface area (Å²) in [4.78, 5) is 12.3. The van der Waals surface area contributed by atoms with E-state index in [1.807, 2.05) is 0 Å². The van der Waals surface area contributed by atoms with Gasteiger partial charge in [-0.15, -0.1) is 0 Å². The van der Waals surface area contributed by atoms with E-state index in [2.05, 4.69) is 10.6 Å². The molecule has 10 nitrogen and oxygen atoms in total. The first-order chi connectivity index (χ1) is 18.5. The molecule has 0 spiro atoms. The van der Waals surface area contributed by atoms with E-state index in [9.17, 15) is 28.5 Å². The zero-order chi connectivity index (χ0) is 27.9. The van der Waals surface area contributed by atoms with Crippen molar-refractivity contribution in [3.05, 3.63) is 101 Å². The van der Waals surface area contributed by atoms with Crippen LogP contribution in [0.25, 0.3) is 0 Å². The first-order valence-corrected chi connectivity index (χ1v) is 13.4. The third kappa shape index (κ3) is 5.34. The van der Waals surface area contributed by atoms with Crippen LogP contribution in [0.5, 0.6) is 23.0 Å². The van der Waals surface area contributed by atoms with Gasteiger partial charge in [-0.05, 0) is 66.3 Å². The Labute approximate surface area is 228 Å². The first kappa shape index (κ1) is 26.0. The maximum absolute atomic E-state index is 12.4. The minimum absolute atomic E-state index is 0.00487. The Bertz CT molecular complexity index is 1690. The molecule has 0 unspecified atom stereocenters. The van der Waals surface area contributed by atoms with Crippen molar-refractivity contribution in [2.45, 2.75) is 10.8 Å². The SMILES string of the molecule is NS(=O)(=O)c1ccc(NC(=S)Nc2ccc(C3c4ccc(O)cc4Oc4cc(O)ccc43)c(C(=O)O)c2)cc1. The molecule has 0 atom stereocenters. The molecule has 0 amide bonds. The van der Waals surface area contributed by atoms with Gasteiger partial charge in [0.05, 0.1) is 10.5 Å². The number of ether oxygens (including phenoxy) is 1. The van der Waals surface area contributed by atoms with Crippen LogP contribution in [0.4, 0.5) is 11.4 Å². The zero-order valence-electron chi connectivity index (χ0n) is 20.0. The van der Waals surface area contributed by atoms with Crippen LogP contribution >= 0.6 is 12.2 Å². The normalized spacial score (nSPS) is 12.5. The molecular weight excluding hydrogens is 542 g/mol. The summed E-state index contributed by atoms with van der Waals surface area (Å²) in [5, 5.41) is 41.2. The first-order valence-electron chi connectivity index (χ1n) is 11.4. The second kappa shape index (κ2) is 9.91. The fourth-order valence-corrected chi connectivity index (χ4v) is 5.16. The number of carboxylic acid groups (broad SMARTS) is 1. The Balaban J connectivity index is 1.47. The summed E-state index contributed by atoms with van der Waals surface area (Å²) in [6.45, 7) is 0. The Morgan fingerprint density at radius 1 is 0.795 bits per heavy atom. The summed E-state index contributed by atoms with van der Waals surface area (Å²) in [5.41, 5.74) is 2.66. The highest BCUT2D eigenvalue weighted by atomic mass is 32.2. The number of thiocarbonyl (C=S) groups is 1. The van der Waals surface area contributed by atoms with E-state index in [0.29, 0.717) is 39.6 Å². The van der Waals surface area contributed by atoms with Crippen molar-refractivity contribution in [3.8, 4) is 23.0 Å². The Kier molecular flexibility index (Phi) is 6.60. The molecule has 0 aliphatic carbocycles. The third-order valence-electron chi connectivity index (χ3n) is 6.13. The number of hydrogen-bond donors (Lipinski definition) is 6. The Hall–Kier alpha value is -4.65. The van der Waals surface area contributed by atoms with E-state index in [-0.39, 0.29) is 27.1 Å². The van der Waals surface area contributed by atoms with Crippen LogP contribution in [0.15, 0.2) is 83.8 Å². The lowest BCUT2D eigenvalue weighted by molar-refractivity contribution is 0.0695. The monoisotopic (exact) mass is 563 g/mol. The number of phenolic OH excluding ortho intramolecular Hbond substituents is 2. The van der Waals surface area contributed by atoms with Crippen LogP contribution in [-0.4, -0.2) is 34.8 Å². The lowest BCUT2D eigenvalue weighted by Gasteiger charge is -2.30. The van der Waals surface area contributed by atoms with Crippen molar-refractivity contribution in [1.29, 1.82) is 0 Å². The van der Waals surface area contributed by atoms with E-state index in [0.717, 1.165) is 0 Å². The smallest absolute Gasteiger partial charge is 0.336 e. The number of carbonyl (C=O) groups is 1. The van der Waals surface area contributed by atoms with E-state index in [4.69, 9.17) is 22.1 Å². The van der Waals surface area contributed by atoms with Crippen molar-refractivity contribution >= 4 is 44.7 Å². The van der Waals surface area contributed by atoms with Crippen molar-refractivity contribution in [2.75, 3.05) is 10.6 Å². The predicted molar refractivity (Wildman–Crippen MR) is 148 cm³/mol. The van der Waals surface area contributed by atoms with Gasteiger partial charge in [-0.3, -0.25) is 0 Å². The van der Waals surface area contributed by atoms with Gasteiger partial charge in [0.15, 0.2) is 5.11 Å². The Morgan fingerprint density at radius 3 is 1.85 bits per heavy atom. The molecule has 39 heavy (non-hydrogen) atoms. The Morgan fingerprint density at radius 2 is 1.31 bits per heavy atom. The number of rotatable bonds is 5. The lowest BCUT2D eigenvalue weighted by Crippen LogP contribution is -2.20. The standard InChI is InChI=1S/C27H21N3O7S2/c28-39(35,36)18-6-1-14(2-7-18)29-27(38)30-15-3-8-19(22(11-15)26(33)34)25-20-9-4-16(31)12-23(20)37-24-13-17(32)5-10-21(24)25/h1-13,25,31-32H,(H,33,34)(H2,28,35,36)(H2,29,30,38). The third-order valence-corrected chi connectivity index (χ3v) is 7.26. The van der Waals surface area contributed by atoms with E-state index in [1.165, 1.54) is 54.6 Å². The number of anilines is 2. The van der Waals surface area contributed by atoms with Gasteiger partial charge in [-0.25, -0.2) is 18.4 Å². The van der Waals surface area contributed by atoms with Crippen molar-refractivity contribution in [1.82, 2.24) is 0 Å². The maximum Gasteiger partial charge on any atom is 0.336 e. The lowest BCUT2D eigenvalue weighted by atomic mass is 9.80. The second-order valence-electron chi connectivity index (χ2n) is 8.74. The van der Waals surface area contributed by atoms with Crippen LogP contribution in [-0.2, 0) is 10.0 Å². The highest BCUT2D eigenvalue weighted by Crippen LogP contribution is 2.49. The molecule has 0 saturated heterocycles. The molecule has 0 saturated carbocycles. The molecule has 0 fully saturated rings. The van der Waals surface area contributed by atoms with Crippen molar-refractivity contribution < 1.29 is 33.3 Å². The molecular formula is C27H21N3O7S2. The van der Waals surface area contributed by atoms with Gasteiger partial charge in [-0.2, -0.15) is 0 Å². The number of nitrogens with two attached hydrogens (primary N) is 1. The van der Waals surface area contributed by atoms with Crippen LogP contribution in [0.1, 0.15) is 33.0 Å². The van der Waals surface area contributed by atoms with Gasteiger partial charge in [0.2, 0.25) is 10.0 Å². The molecule has 5 rings (SSSR count). The minimum Gasteiger partial charge on any atom is -0.508 e. The number of sulfonamides is 1. The number of hydrogen-bond acceptors (Lipinski definition) is 7. The number of benzene rings is 4. The van der Waals surface area contributed by atoms with Gasteiger partial charge in [0.1, 0.15) is 23.0 Å². The summed E-state index contributed by atoms with van der Waals surface area (Å²) in [6.07, 6.45) is 0. The number of phenols is 2. The number of primary sulfonamides is 1. The molecule has 198 valence electrons. The second-order valence-corrected chi connectivity index (χ2v) is 10.7. The summed E-state index contributed by atoms with van der Waals surface area (Å²) in [7, 11) is -3.83.